The number of carbonyl (C=O) groups excluding carboxylic acids is 1. The number of hydrogen-bond acceptors (Lipinski definition) is 7. The lowest BCUT2D eigenvalue weighted by atomic mass is 10.2. The van der Waals surface area contributed by atoms with Crippen molar-refractivity contribution in [2.75, 3.05) is 12.9 Å². The minimum absolute atomic E-state index is 0.00576. The lowest BCUT2D eigenvalue weighted by Crippen LogP contribution is -2.30. The van der Waals surface area contributed by atoms with Crippen LogP contribution in [-0.2, 0) is 11.3 Å². The van der Waals surface area contributed by atoms with Crippen LogP contribution in [-0.4, -0.2) is 34.2 Å². The van der Waals surface area contributed by atoms with Crippen LogP contribution in [0.15, 0.2) is 32.9 Å². The van der Waals surface area contributed by atoms with Gasteiger partial charge in [0.1, 0.15) is 5.75 Å². The van der Waals surface area contributed by atoms with Crippen LogP contribution >= 0.6 is 34.9 Å². The van der Waals surface area contributed by atoms with Gasteiger partial charge in [-0.05, 0) is 31.0 Å². The Bertz CT molecular complexity index is 646. The molecule has 5 nitrogen and oxygen atoms in total. The summed E-state index contributed by atoms with van der Waals surface area (Å²) in [7, 11) is 1.63. The van der Waals surface area contributed by atoms with E-state index >= 15 is 0 Å². The number of aromatic nitrogens is 2. The van der Waals surface area contributed by atoms with Crippen molar-refractivity contribution in [1.29, 1.82) is 0 Å². The Balaban J connectivity index is 1.79. The monoisotopic (exact) mass is 383 g/mol. The first-order chi connectivity index (χ1) is 11.6. The molecule has 8 heteroatoms. The molecule has 24 heavy (non-hydrogen) atoms. The number of benzene rings is 1. The Labute approximate surface area is 155 Å². The van der Waals surface area contributed by atoms with E-state index in [0.29, 0.717) is 6.54 Å². The Morgan fingerprint density at radius 3 is 2.67 bits per heavy atom. The Morgan fingerprint density at radius 1 is 1.29 bits per heavy atom. The van der Waals surface area contributed by atoms with Crippen molar-refractivity contribution in [3.05, 3.63) is 29.8 Å². The number of nitrogens with zero attached hydrogens (tertiary/aromatic N) is 2. The minimum Gasteiger partial charge on any atom is -0.497 e. The first-order valence-corrected chi connectivity index (χ1v) is 10.3. The molecule has 130 valence electrons. The third-order valence-electron chi connectivity index (χ3n) is 3.09. The second-order valence-electron chi connectivity index (χ2n) is 5.01. The second-order valence-corrected chi connectivity index (χ2v) is 8.92. The van der Waals surface area contributed by atoms with Gasteiger partial charge in [0.25, 0.3) is 0 Å². The number of ether oxygens (including phenoxy) is 1. The first-order valence-electron chi connectivity index (χ1n) is 7.66. The van der Waals surface area contributed by atoms with Gasteiger partial charge in [-0.3, -0.25) is 4.79 Å². The Hall–Kier alpha value is -1.25. The summed E-state index contributed by atoms with van der Waals surface area (Å²) in [5, 5.41) is 11.0. The van der Waals surface area contributed by atoms with Gasteiger partial charge in [-0.15, -0.1) is 10.2 Å². The number of carbonyl (C=O) groups is 1. The quantitative estimate of drug-likeness (QED) is 0.664. The van der Waals surface area contributed by atoms with Gasteiger partial charge in [0.05, 0.1) is 12.4 Å². The number of rotatable bonds is 9. The van der Waals surface area contributed by atoms with Crippen molar-refractivity contribution in [3.63, 3.8) is 0 Å². The summed E-state index contributed by atoms with van der Waals surface area (Å²) in [5.41, 5.74) is 1.04. The number of methoxy groups -OCH3 is 1. The van der Waals surface area contributed by atoms with Crippen LogP contribution < -0.4 is 10.1 Å². The van der Waals surface area contributed by atoms with E-state index in [2.05, 4.69) is 22.4 Å². The van der Waals surface area contributed by atoms with E-state index in [0.717, 1.165) is 32.2 Å². The molecule has 0 radical (unpaired) electrons. The maximum atomic E-state index is 12.2. The van der Waals surface area contributed by atoms with Crippen molar-refractivity contribution >= 4 is 40.8 Å². The van der Waals surface area contributed by atoms with E-state index in [1.807, 2.05) is 31.2 Å². The summed E-state index contributed by atoms with van der Waals surface area (Å²) in [6.07, 6.45) is 1.11. The largest absolute Gasteiger partial charge is 0.497 e. The van der Waals surface area contributed by atoms with Crippen molar-refractivity contribution in [1.82, 2.24) is 15.5 Å². The fraction of sp³-hybridized carbons (Fsp3) is 0.438. The average molecular weight is 384 g/mol. The highest BCUT2D eigenvalue weighted by atomic mass is 32.2. The molecule has 1 aromatic carbocycles. The predicted octanol–water partition coefficient (Wildman–Crippen LogP) is 3.85. The van der Waals surface area contributed by atoms with Gasteiger partial charge in [-0.2, -0.15) is 0 Å². The molecular formula is C16H21N3O2S3. The molecule has 2 aromatic rings. The van der Waals surface area contributed by atoms with E-state index in [-0.39, 0.29) is 11.2 Å². The normalized spacial score (nSPS) is 12.0. The van der Waals surface area contributed by atoms with E-state index in [1.54, 1.807) is 30.2 Å². The number of amides is 1. The fourth-order valence-electron chi connectivity index (χ4n) is 1.77. The second kappa shape index (κ2) is 9.90. The zero-order valence-electron chi connectivity index (χ0n) is 13.9. The summed E-state index contributed by atoms with van der Waals surface area (Å²) in [6.45, 7) is 4.52. The van der Waals surface area contributed by atoms with Crippen LogP contribution in [0.3, 0.4) is 0 Å². The number of nitrogens with one attached hydrogen (secondary N) is 1. The Morgan fingerprint density at radius 2 is 2.00 bits per heavy atom. The maximum Gasteiger partial charge on any atom is 0.233 e. The summed E-state index contributed by atoms with van der Waals surface area (Å²) < 4.78 is 6.92. The van der Waals surface area contributed by atoms with Gasteiger partial charge in [0.2, 0.25) is 5.91 Å². The highest BCUT2D eigenvalue weighted by molar-refractivity contribution is 8.03. The Kier molecular flexibility index (Phi) is 7.87. The van der Waals surface area contributed by atoms with Gasteiger partial charge in [0, 0.05) is 12.3 Å². The summed E-state index contributed by atoms with van der Waals surface area (Å²) in [6, 6.07) is 7.66. The molecule has 2 rings (SSSR count). The van der Waals surface area contributed by atoms with Crippen molar-refractivity contribution in [2.24, 2.45) is 0 Å². The highest BCUT2D eigenvalue weighted by Crippen LogP contribution is 2.31. The maximum absolute atomic E-state index is 12.2. The molecule has 0 aliphatic rings. The molecule has 0 bridgehead atoms. The summed E-state index contributed by atoms with van der Waals surface area (Å²) in [5.74, 6) is 1.84. The molecule has 0 aliphatic heterocycles. The number of thioether (sulfide) groups is 2. The molecule has 0 saturated heterocycles. The van der Waals surface area contributed by atoms with Crippen LogP contribution in [0.1, 0.15) is 25.8 Å². The molecule has 0 aliphatic carbocycles. The molecular weight excluding hydrogens is 362 g/mol. The lowest BCUT2D eigenvalue weighted by Gasteiger charge is -2.10. The SMILES string of the molecule is CCCSc1nnc(S[C@@H](C)C(=O)NCc2ccc(OC)cc2)s1. The molecule has 1 heterocycles. The fourth-order valence-corrected chi connectivity index (χ4v) is 4.89. The molecule has 1 amide bonds. The predicted molar refractivity (Wildman–Crippen MR) is 101 cm³/mol. The molecule has 0 saturated carbocycles. The zero-order chi connectivity index (χ0) is 17.4. The van der Waals surface area contributed by atoms with E-state index in [1.165, 1.54) is 11.8 Å². The minimum atomic E-state index is -0.208. The van der Waals surface area contributed by atoms with Gasteiger partial charge in [-0.1, -0.05) is 53.9 Å². The topological polar surface area (TPSA) is 64.1 Å². The molecule has 1 atom stereocenters. The van der Waals surface area contributed by atoms with Gasteiger partial charge < -0.3 is 10.1 Å². The van der Waals surface area contributed by atoms with Gasteiger partial charge in [-0.25, -0.2) is 0 Å². The van der Waals surface area contributed by atoms with E-state index < -0.39 is 0 Å². The van der Waals surface area contributed by atoms with Crippen LogP contribution in [0.5, 0.6) is 5.75 Å². The van der Waals surface area contributed by atoms with Crippen LogP contribution in [0, 0.1) is 0 Å². The van der Waals surface area contributed by atoms with Crippen LogP contribution in [0.2, 0.25) is 0 Å². The highest BCUT2D eigenvalue weighted by Gasteiger charge is 2.17. The average Bonchev–Trinajstić information content (AvgIpc) is 3.05. The van der Waals surface area contributed by atoms with Crippen molar-refractivity contribution in [3.8, 4) is 5.75 Å². The van der Waals surface area contributed by atoms with Gasteiger partial charge >= 0.3 is 0 Å². The lowest BCUT2D eigenvalue weighted by molar-refractivity contribution is -0.120. The summed E-state index contributed by atoms with van der Waals surface area (Å²) >= 11 is 4.70. The van der Waals surface area contributed by atoms with Crippen molar-refractivity contribution < 1.29 is 9.53 Å². The van der Waals surface area contributed by atoms with Crippen LogP contribution in [0.4, 0.5) is 0 Å². The van der Waals surface area contributed by atoms with E-state index in [4.69, 9.17) is 4.74 Å². The third kappa shape index (κ3) is 5.99. The third-order valence-corrected chi connectivity index (χ3v) is 6.54. The molecule has 1 aromatic heterocycles. The van der Waals surface area contributed by atoms with Crippen molar-refractivity contribution in [2.45, 2.75) is 40.7 Å². The molecule has 0 unspecified atom stereocenters. The standard InChI is InChI=1S/C16H21N3O2S3/c1-4-9-22-15-18-19-16(24-15)23-11(2)14(20)17-10-12-5-7-13(21-3)8-6-12/h5-8,11H,4,9-10H2,1-3H3,(H,17,20)/t11-/m0/s1. The van der Waals surface area contributed by atoms with Gasteiger partial charge in [0.15, 0.2) is 8.68 Å². The zero-order valence-corrected chi connectivity index (χ0v) is 16.4. The molecule has 0 fully saturated rings. The molecule has 0 spiro atoms. The first kappa shape index (κ1) is 19.1. The smallest absolute Gasteiger partial charge is 0.233 e. The summed E-state index contributed by atoms with van der Waals surface area (Å²) in [4.78, 5) is 12.2. The number of hydrogen-bond donors (Lipinski definition) is 1. The van der Waals surface area contributed by atoms with E-state index in [9.17, 15) is 4.79 Å². The molecule has 1 N–H and O–H groups in total. The van der Waals surface area contributed by atoms with Crippen LogP contribution in [0.25, 0.3) is 0 Å².